The second kappa shape index (κ2) is 75.3. The summed E-state index contributed by atoms with van der Waals surface area (Å²) < 4.78 is 0. The summed E-state index contributed by atoms with van der Waals surface area (Å²) in [6.45, 7) is 6.84. The van der Waals surface area contributed by atoms with E-state index in [1.165, 1.54) is 327 Å². The Labute approximate surface area is 471 Å². The molecule has 0 aromatic rings. The molecule has 0 aliphatic rings. The summed E-state index contributed by atoms with van der Waals surface area (Å²) in [6.07, 6.45) is 77.2. The van der Waals surface area contributed by atoms with Crippen LogP contribution in [-0.4, -0.2) is 37.7 Å². The summed E-state index contributed by atoms with van der Waals surface area (Å²) in [5.41, 5.74) is 0. The third-order valence-corrected chi connectivity index (χ3v) is 15.0. The third kappa shape index (κ3) is 88.0. The van der Waals surface area contributed by atoms with Gasteiger partial charge in [0.15, 0.2) is 0 Å². The van der Waals surface area contributed by atoms with Gasteiger partial charge in [-0.05, 0) is 38.5 Å². The largest absolute Gasteiger partial charge is 3.00 e. The van der Waals surface area contributed by atoms with Crippen LogP contribution in [0, 0.1) is 0 Å². The SMILES string of the molecule is CCCCCCCCCCCCCCCCCCCCCC(=O)[O-].CCCCCCCCCCCCCCCCCCCCCC(=O)[O-].CCCCCCCCCCCCCCCCCCCCCC(=O)[O-].[Ga+3]. The maximum atomic E-state index is 10.3. The smallest absolute Gasteiger partial charge is 0.550 e. The average Bonchev–Trinajstić information content (AvgIpc) is 3.36. The molecule has 0 aromatic heterocycles. The minimum atomic E-state index is -0.901. The van der Waals surface area contributed by atoms with Crippen molar-refractivity contribution in [2.24, 2.45) is 0 Å². The van der Waals surface area contributed by atoms with E-state index >= 15 is 0 Å². The number of carbonyl (C=O) groups excluding carboxylic acids is 3. The molecule has 0 heterocycles. The Morgan fingerprint density at radius 3 is 0.342 bits per heavy atom. The van der Waals surface area contributed by atoms with Crippen molar-refractivity contribution in [1.29, 1.82) is 0 Å². The van der Waals surface area contributed by atoms with Crippen LogP contribution in [0.4, 0.5) is 0 Å². The summed E-state index contributed by atoms with van der Waals surface area (Å²) in [4.78, 5) is 30.8. The van der Waals surface area contributed by atoms with Crippen molar-refractivity contribution >= 4 is 37.7 Å². The Morgan fingerprint density at radius 1 is 0.178 bits per heavy atom. The van der Waals surface area contributed by atoms with Crippen LogP contribution in [0.25, 0.3) is 0 Å². The van der Waals surface area contributed by atoms with Crippen molar-refractivity contribution in [1.82, 2.24) is 0 Å². The molecule has 0 atom stereocenters. The van der Waals surface area contributed by atoms with Gasteiger partial charge in [0.05, 0.1) is 0 Å². The van der Waals surface area contributed by atoms with Crippen molar-refractivity contribution in [2.45, 2.75) is 406 Å². The molecule has 0 unspecified atom stereocenters. The van der Waals surface area contributed by atoms with Crippen LogP contribution in [0.2, 0.25) is 0 Å². The minimum Gasteiger partial charge on any atom is -0.550 e. The number of hydrogen-bond donors (Lipinski definition) is 0. The van der Waals surface area contributed by atoms with Gasteiger partial charge in [0.1, 0.15) is 0 Å². The number of rotatable bonds is 60. The molecular weight excluding hydrogens is 958 g/mol. The predicted molar refractivity (Wildman–Crippen MR) is 315 cm³/mol. The molecule has 0 aromatic carbocycles. The quantitative estimate of drug-likeness (QED) is 0.0442. The zero-order valence-corrected chi connectivity index (χ0v) is 52.4. The summed E-state index contributed by atoms with van der Waals surface area (Å²) in [7, 11) is 0. The van der Waals surface area contributed by atoms with Gasteiger partial charge in [0.25, 0.3) is 0 Å². The van der Waals surface area contributed by atoms with Gasteiger partial charge in [-0.3, -0.25) is 0 Å². The fraction of sp³-hybridized carbons (Fsp3) is 0.955. The molecular formula is C66H129GaO6. The molecule has 0 N–H and O–H groups in total. The molecule has 0 spiro atoms. The molecule has 0 fully saturated rings. The van der Waals surface area contributed by atoms with Gasteiger partial charge in [0, 0.05) is 17.9 Å². The van der Waals surface area contributed by atoms with E-state index in [4.69, 9.17) is 0 Å². The molecule has 0 radical (unpaired) electrons. The van der Waals surface area contributed by atoms with E-state index in [2.05, 4.69) is 20.8 Å². The molecule has 0 bridgehead atoms. The number of carboxylic acid groups (broad SMARTS) is 3. The van der Waals surface area contributed by atoms with Crippen molar-refractivity contribution in [3.63, 3.8) is 0 Å². The van der Waals surface area contributed by atoms with Gasteiger partial charge in [-0.25, -0.2) is 0 Å². The molecule has 0 rings (SSSR count). The van der Waals surface area contributed by atoms with Crippen LogP contribution in [0.5, 0.6) is 0 Å². The van der Waals surface area contributed by atoms with Gasteiger partial charge in [-0.1, -0.05) is 367 Å². The van der Waals surface area contributed by atoms with E-state index in [1.54, 1.807) is 0 Å². The Bertz CT molecular complexity index is 882. The van der Waals surface area contributed by atoms with Crippen LogP contribution in [0.1, 0.15) is 406 Å². The van der Waals surface area contributed by atoms with Gasteiger partial charge >= 0.3 is 19.8 Å². The van der Waals surface area contributed by atoms with Gasteiger partial charge in [0.2, 0.25) is 0 Å². The molecule has 73 heavy (non-hydrogen) atoms. The van der Waals surface area contributed by atoms with Gasteiger partial charge in [-0.2, -0.15) is 0 Å². The van der Waals surface area contributed by atoms with E-state index in [-0.39, 0.29) is 39.1 Å². The Kier molecular flexibility index (Phi) is 81.0. The maximum absolute atomic E-state index is 10.3. The van der Waals surface area contributed by atoms with Crippen molar-refractivity contribution in [3.05, 3.63) is 0 Å². The fourth-order valence-corrected chi connectivity index (χ4v) is 10.0. The van der Waals surface area contributed by atoms with E-state index in [1.807, 2.05) is 0 Å². The van der Waals surface area contributed by atoms with Gasteiger partial charge < -0.3 is 29.7 Å². The monoisotopic (exact) mass is 1090 g/mol. The molecule has 0 saturated heterocycles. The first-order valence-electron chi connectivity index (χ1n) is 32.9. The zero-order chi connectivity index (χ0) is 53.2. The third-order valence-electron chi connectivity index (χ3n) is 15.0. The van der Waals surface area contributed by atoms with Crippen LogP contribution in [-0.2, 0) is 14.4 Å². The molecule has 0 amide bonds. The average molecular weight is 1090 g/mol. The van der Waals surface area contributed by atoms with E-state index in [0.29, 0.717) is 0 Å². The normalized spacial score (nSPS) is 10.9. The first kappa shape index (κ1) is 78.5. The van der Waals surface area contributed by atoms with Crippen LogP contribution < -0.4 is 15.3 Å². The Balaban J connectivity index is -0.000000486. The maximum Gasteiger partial charge on any atom is 3.00 e. The second-order valence-corrected chi connectivity index (χ2v) is 22.5. The second-order valence-electron chi connectivity index (χ2n) is 22.5. The predicted octanol–water partition coefficient (Wildman–Crippen LogP) is 19.3. The molecule has 432 valence electrons. The minimum absolute atomic E-state index is 0. The summed E-state index contributed by atoms with van der Waals surface area (Å²) in [5.74, 6) is -2.70. The summed E-state index contributed by atoms with van der Waals surface area (Å²) >= 11 is 0. The first-order chi connectivity index (χ1) is 35.3. The number of unbranched alkanes of at least 4 members (excludes halogenated alkanes) is 54. The standard InChI is InChI=1S/3C22H44O2.Ga/c3*1-2-3-4-5-6-7-8-9-10-11-12-13-14-15-16-17-18-19-20-21-22(23)24;/h3*2-21H2,1H3,(H,23,24);/q;;;+3/p-3. The van der Waals surface area contributed by atoms with E-state index in [0.717, 1.165) is 38.5 Å². The number of carboxylic acids is 3. The molecule has 0 aliphatic carbocycles. The van der Waals surface area contributed by atoms with Gasteiger partial charge in [-0.15, -0.1) is 0 Å². The molecule has 7 heteroatoms. The zero-order valence-electron chi connectivity index (χ0n) is 50.0. The van der Waals surface area contributed by atoms with Crippen LogP contribution in [0.15, 0.2) is 0 Å². The number of carbonyl (C=O) groups is 3. The van der Waals surface area contributed by atoms with Crippen LogP contribution in [0.3, 0.4) is 0 Å². The number of hydrogen-bond acceptors (Lipinski definition) is 6. The summed E-state index contributed by atoms with van der Waals surface area (Å²) in [5, 5.41) is 30.8. The Morgan fingerprint density at radius 2 is 0.260 bits per heavy atom. The van der Waals surface area contributed by atoms with E-state index < -0.39 is 17.9 Å². The first-order valence-corrected chi connectivity index (χ1v) is 32.9. The summed E-state index contributed by atoms with van der Waals surface area (Å²) in [6, 6.07) is 0. The Hall–Kier alpha value is -0.954. The van der Waals surface area contributed by atoms with Crippen molar-refractivity contribution in [2.75, 3.05) is 0 Å². The number of aliphatic carboxylic acids is 3. The fourth-order valence-electron chi connectivity index (χ4n) is 10.0. The van der Waals surface area contributed by atoms with E-state index in [9.17, 15) is 29.7 Å². The van der Waals surface area contributed by atoms with Crippen LogP contribution >= 0.6 is 0 Å². The molecule has 0 saturated carbocycles. The van der Waals surface area contributed by atoms with Crippen molar-refractivity contribution < 1.29 is 29.7 Å². The topological polar surface area (TPSA) is 120 Å². The van der Waals surface area contributed by atoms with Crippen molar-refractivity contribution in [3.8, 4) is 0 Å². The molecule has 6 nitrogen and oxygen atoms in total. The molecule has 0 aliphatic heterocycles.